The van der Waals surface area contributed by atoms with Crippen molar-refractivity contribution in [1.29, 1.82) is 0 Å². The van der Waals surface area contributed by atoms with Crippen molar-refractivity contribution in [2.45, 2.75) is 6.04 Å². The van der Waals surface area contributed by atoms with Crippen LogP contribution in [0, 0.1) is 17.5 Å². The van der Waals surface area contributed by atoms with Gasteiger partial charge in [0, 0.05) is 10.9 Å². The van der Waals surface area contributed by atoms with Crippen molar-refractivity contribution in [2.75, 3.05) is 7.05 Å². The van der Waals surface area contributed by atoms with Crippen LogP contribution in [0.1, 0.15) is 17.4 Å². The van der Waals surface area contributed by atoms with Crippen LogP contribution >= 0.6 is 0 Å². The molecule has 1 N–H and O–H groups in total. The summed E-state index contributed by atoms with van der Waals surface area (Å²) in [5.74, 6) is -3.47. The molecule has 0 bridgehead atoms. The van der Waals surface area contributed by atoms with E-state index in [9.17, 15) is 13.2 Å². The van der Waals surface area contributed by atoms with E-state index < -0.39 is 23.5 Å². The SMILES string of the molecule is CNC(c1cc2ccccc2o1)c1ccc(F)c(F)c1F. The highest BCUT2D eigenvalue weighted by atomic mass is 19.2. The zero-order valence-electron chi connectivity index (χ0n) is 11.2. The normalized spacial score (nSPS) is 12.8. The predicted molar refractivity (Wildman–Crippen MR) is 73.4 cm³/mol. The lowest BCUT2D eigenvalue weighted by Crippen LogP contribution is -2.19. The number of hydrogen-bond acceptors (Lipinski definition) is 2. The zero-order chi connectivity index (χ0) is 15.0. The Kier molecular flexibility index (Phi) is 3.43. The van der Waals surface area contributed by atoms with Gasteiger partial charge in [0.05, 0.1) is 6.04 Å². The molecule has 0 aliphatic carbocycles. The van der Waals surface area contributed by atoms with Crippen LogP contribution < -0.4 is 5.32 Å². The molecule has 0 saturated carbocycles. The molecule has 0 fully saturated rings. The van der Waals surface area contributed by atoms with Gasteiger partial charge in [-0.2, -0.15) is 0 Å². The maximum atomic E-state index is 13.9. The zero-order valence-corrected chi connectivity index (χ0v) is 11.2. The molecule has 3 rings (SSSR count). The molecule has 0 radical (unpaired) electrons. The summed E-state index contributed by atoms with van der Waals surface area (Å²) in [7, 11) is 1.60. The summed E-state index contributed by atoms with van der Waals surface area (Å²) < 4.78 is 46.0. The highest BCUT2D eigenvalue weighted by molar-refractivity contribution is 5.78. The molecule has 0 spiro atoms. The van der Waals surface area contributed by atoms with E-state index >= 15 is 0 Å². The third-order valence-electron chi connectivity index (χ3n) is 3.39. The van der Waals surface area contributed by atoms with Crippen LogP contribution in [-0.2, 0) is 0 Å². The van der Waals surface area contributed by atoms with Gasteiger partial charge < -0.3 is 9.73 Å². The Morgan fingerprint density at radius 2 is 1.76 bits per heavy atom. The molecule has 2 aromatic carbocycles. The first kappa shape index (κ1) is 13.7. The molecule has 1 unspecified atom stereocenters. The van der Waals surface area contributed by atoms with E-state index in [2.05, 4.69) is 5.32 Å². The first-order valence-corrected chi connectivity index (χ1v) is 6.41. The maximum Gasteiger partial charge on any atom is 0.194 e. The van der Waals surface area contributed by atoms with Crippen molar-refractivity contribution in [3.63, 3.8) is 0 Å². The molecule has 0 amide bonds. The second kappa shape index (κ2) is 5.26. The Bertz CT molecular complexity index is 764. The fourth-order valence-electron chi connectivity index (χ4n) is 2.36. The minimum Gasteiger partial charge on any atom is -0.459 e. The highest BCUT2D eigenvalue weighted by Gasteiger charge is 2.23. The number of hydrogen-bond donors (Lipinski definition) is 1. The lowest BCUT2D eigenvalue weighted by molar-refractivity contribution is 0.423. The summed E-state index contributed by atoms with van der Waals surface area (Å²) in [4.78, 5) is 0. The van der Waals surface area contributed by atoms with Gasteiger partial charge in [0.25, 0.3) is 0 Å². The second-order valence-electron chi connectivity index (χ2n) is 4.67. The van der Waals surface area contributed by atoms with Gasteiger partial charge >= 0.3 is 0 Å². The van der Waals surface area contributed by atoms with Crippen LogP contribution in [0.4, 0.5) is 13.2 Å². The van der Waals surface area contributed by atoms with Gasteiger partial charge in [0.15, 0.2) is 17.5 Å². The number of nitrogens with one attached hydrogen (secondary N) is 1. The van der Waals surface area contributed by atoms with Gasteiger partial charge in [-0.25, -0.2) is 13.2 Å². The topological polar surface area (TPSA) is 25.2 Å². The Morgan fingerprint density at radius 1 is 1.00 bits per heavy atom. The smallest absolute Gasteiger partial charge is 0.194 e. The van der Waals surface area contributed by atoms with E-state index in [1.54, 1.807) is 19.2 Å². The minimum absolute atomic E-state index is 0.00421. The highest BCUT2D eigenvalue weighted by Crippen LogP contribution is 2.30. The van der Waals surface area contributed by atoms with Crippen molar-refractivity contribution >= 4 is 11.0 Å². The number of rotatable bonds is 3. The Morgan fingerprint density at radius 3 is 2.48 bits per heavy atom. The quantitative estimate of drug-likeness (QED) is 0.733. The maximum absolute atomic E-state index is 13.9. The average molecular weight is 291 g/mol. The fourth-order valence-corrected chi connectivity index (χ4v) is 2.36. The van der Waals surface area contributed by atoms with E-state index in [0.717, 1.165) is 11.5 Å². The summed E-state index contributed by atoms with van der Waals surface area (Å²) in [6, 6.07) is 10.5. The van der Waals surface area contributed by atoms with E-state index in [1.807, 2.05) is 18.2 Å². The minimum atomic E-state index is -1.48. The Hall–Kier alpha value is -2.27. The summed E-state index contributed by atoms with van der Waals surface area (Å²) in [6.45, 7) is 0. The van der Waals surface area contributed by atoms with E-state index in [-0.39, 0.29) is 5.56 Å². The van der Waals surface area contributed by atoms with Crippen LogP contribution in [0.2, 0.25) is 0 Å². The number of furan rings is 1. The van der Waals surface area contributed by atoms with Gasteiger partial charge in [-0.05, 0) is 25.2 Å². The molecule has 3 aromatic rings. The van der Waals surface area contributed by atoms with Gasteiger partial charge in [0.2, 0.25) is 0 Å². The predicted octanol–water partition coefficient (Wildman–Crippen LogP) is 4.16. The first-order chi connectivity index (χ1) is 10.1. The molecule has 1 aromatic heterocycles. The second-order valence-corrected chi connectivity index (χ2v) is 4.67. The number of para-hydroxylation sites is 1. The molecule has 108 valence electrons. The van der Waals surface area contributed by atoms with E-state index in [1.165, 1.54) is 6.07 Å². The molecule has 21 heavy (non-hydrogen) atoms. The lowest BCUT2D eigenvalue weighted by atomic mass is 10.0. The first-order valence-electron chi connectivity index (χ1n) is 6.41. The van der Waals surface area contributed by atoms with Crippen LogP contribution in [0.25, 0.3) is 11.0 Å². The lowest BCUT2D eigenvalue weighted by Gasteiger charge is -2.15. The van der Waals surface area contributed by atoms with Crippen LogP contribution in [0.5, 0.6) is 0 Å². The molecule has 2 nitrogen and oxygen atoms in total. The van der Waals surface area contributed by atoms with Crippen molar-refractivity contribution in [2.24, 2.45) is 0 Å². The number of fused-ring (bicyclic) bond motifs is 1. The van der Waals surface area contributed by atoms with Crippen molar-refractivity contribution in [1.82, 2.24) is 5.32 Å². The third kappa shape index (κ3) is 2.29. The molecule has 0 aliphatic rings. The molecular formula is C16H12F3NO. The summed E-state index contributed by atoms with van der Waals surface area (Å²) in [6.07, 6.45) is 0. The summed E-state index contributed by atoms with van der Waals surface area (Å²) in [5.41, 5.74) is 0.645. The van der Waals surface area contributed by atoms with E-state index in [4.69, 9.17) is 4.42 Å². The van der Waals surface area contributed by atoms with Crippen LogP contribution in [0.15, 0.2) is 46.9 Å². The Labute approximate surface area is 119 Å². The molecular weight excluding hydrogens is 279 g/mol. The van der Waals surface area contributed by atoms with Crippen LogP contribution in [-0.4, -0.2) is 7.05 Å². The standard InChI is InChI=1S/C16H12F3NO/c1-20-16(10-6-7-11(17)15(19)14(10)18)13-8-9-4-2-3-5-12(9)21-13/h2-8,16,20H,1H3. The molecule has 1 atom stereocenters. The third-order valence-corrected chi connectivity index (χ3v) is 3.39. The summed E-state index contributed by atoms with van der Waals surface area (Å²) in [5, 5.41) is 3.72. The van der Waals surface area contributed by atoms with Crippen molar-refractivity contribution < 1.29 is 17.6 Å². The molecule has 0 aliphatic heterocycles. The summed E-state index contributed by atoms with van der Waals surface area (Å²) >= 11 is 0. The number of benzene rings is 2. The van der Waals surface area contributed by atoms with Gasteiger partial charge in [-0.1, -0.05) is 24.3 Å². The Balaban J connectivity index is 2.12. The monoisotopic (exact) mass is 291 g/mol. The van der Waals surface area contributed by atoms with Crippen molar-refractivity contribution in [3.8, 4) is 0 Å². The number of halogens is 3. The molecule has 1 heterocycles. The van der Waals surface area contributed by atoms with Crippen LogP contribution in [0.3, 0.4) is 0 Å². The molecule has 0 saturated heterocycles. The van der Waals surface area contributed by atoms with Crippen molar-refractivity contribution in [3.05, 3.63) is 71.2 Å². The van der Waals surface area contributed by atoms with E-state index in [0.29, 0.717) is 11.3 Å². The average Bonchev–Trinajstić information content (AvgIpc) is 2.91. The van der Waals surface area contributed by atoms with Gasteiger partial charge in [-0.3, -0.25) is 0 Å². The fraction of sp³-hybridized carbons (Fsp3) is 0.125. The molecule has 5 heteroatoms. The van der Waals surface area contributed by atoms with Gasteiger partial charge in [0.1, 0.15) is 11.3 Å². The largest absolute Gasteiger partial charge is 0.459 e. The van der Waals surface area contributed by atoms with Gasteiger partial charge in [-0.15, -0.1) is 0 Å².